The largest absolute Gasteiger partial charge is 0.317 e. The van der Waals surface area contributed by atoms with Gasteiger partial charge in [-0.3, -0.25) is 4.79 Å². The highest BCUT2D eigenvalue weighted by atomic mass is 16.1. The van der Waals surface area contributed by atoms with E-state index in [9.17, 15) is 4.79 Å². The Hall–Kier alpha value is -2.09. The van der Waals surface area contributed by atoms with Gasteiger partial charge in [-0.05, 0) is 22.4 Å². The molecular formula is C13H8NO. The SMILES string of the molecule is O=[C]NC1=Cc2cccc3cccc1c23. The Balaban J connectivity index is 2.35. The maximum absolute atomic E-state index is 10.4. The van der Waals surface area contributed by atoms with Gasteiger partial charge in [0.25, 0.3) is 0 Å². The van der Waals surface area contributed by atoms with E-state index >= 15 is 0 Å². The molecule has 0 spiro atoms. The van der Waals surface area contributed by atoms with Crippen LogP contribution in [0.15, 0.2) is 36.4 Å². The van der Waals surface area contributed by atoms with Crippen LogP contribution in [-0.4, -0.2) is 6.41 Å². The van der Waals surface area contributed by atoms with Crippen LogP contribution in [0.3, 0.4) is 0 Å². The summed E-state index contributed by atoms with van der Waals surface area (Å²) in [5.74, 6) is 0. The summed E-state index contributed by atoms with van der Waals surface area (Å²) in [6.07, 6.45) is 3.69. The Bertz CT molecular complexity index is 579. The number of hydrogen-bond donors (Lipinski definition) is 1. The van der Waals surface area contributed by atoms with E-state index in [1.54, 1.807) is 6.41 Å². The highest BCUT2D eigenvalue weighted by Crippen LogP contribution is 2.34. The minimum Gasteiger partial charge on any atom is -0.317 e. The van der Waals surface area contributed by atoms with Crippen molar-refractivity contribution in [2.24, 2.45) is 0 Å². The zero-order valence-corrected chi connectivity index (χ0v) is 7.95. The minimum atomic E-state index is 0.830. The third kappa shape index (κ3) is 1.08. The molecule has 1 aliphatic carbocycles. The molecule has 1 aliphatic rings. The highest BCUT2D eigenvalue weighted by Gasteiger charge is 2.15. The van der Waals surface area contributed by atoms with Crippen molar-refractivity contribution in [3.63, 3.8) is 0 Å². The maximum Gasteiger partial charge on any atom is 0.314 e. The molecule has 1 amide bonds. The molecule has 0 unspecified atom stereocenters. The summed E-state index contributed by atoms with van der Waals surface area (Å²) in [7, 11) is 0. The van der Waals surface area contributed by atoms with Crippen LogP contribution in [0.2, 0.25) is 0 Å². The first-order chi connectivity index (χ1) is 7.40. The van der Waals surface area contributed by atoms with Crippen molar-refractivity contribution in [1.29, 1.82) is 0 Å². The van der Waals surface area contributed by atoms with E-state index in [0.29, 0.717) is 0 Å². The molecule has 0 bridgehead atoms. The third-order valence-corrected chi connectivity index (χ3v) is 2.71. The van der Waals surface area contributed by atoms with Gasteiger partial charge in [0.2, 0.25) is 0 Å². The van der Waals surface area contributed by atoms with Crippen molar-refractivity contribution in [3.8, 4) is 0 Å². The summed E-state index contributed by atoms with van der Waals surface area (Å²) in [5.41, 5.74) is 3.06. The molecular weight excluding hydrogens is 186 g/mol. The number of nitrogens with one attached hydrogen (secondary N) is 1. The molecule has 0 aromatic heterocycles. The van der Waals surface area contributed by atoms with Gasteiger partial charge in [-0.1, -0.05) is 36.4 Å². The molecule has 0 aliphatic heterocycles. The van der Waals surface area contributed by atoms with Gasteiger partial charge in [-0.25, -0.2) is 0 Å². The van der Waals surface area contributed by atoms with E-state index in [1.165, 1.54) is 10.8 Å². The van der Waals surface area contributed by atoms with Gasteiger partial charge >= 0.3 is 6.41 Å². The smallest absolute Gasteiger partial charge is 0.314 e. The molecule has 0 heterocycles. The van der Waals surface area contributed by atoms with Gasteiger partial charge in [-0.15, -0.1) is 0 Å². The predicted molar refractivity (Wildman–Crippen MR) is 60.6 cm³/mol. The normalized spacial score (nSPS) is 12.7. The van der Waals surface area contributed by atoms with Crippen LogP contribution in [0.1, 0.15) is 11.1 Å². The second-order valence-electron chi connectivity index (χ2n) is 3.54. The van der Waals surface area contributed by atoms with E-state index in [4.69, 9.17) is 0 Å². The quantitative estimate of drug-likeness (QED) is 0.730. The Labute approximate surface area is 87.2 Å². The van der Waals surface area contributed by atoms with Crippen LogP contribution in [0.25, 0.3) is 22.5 Å². The number of hydrogen-bond acceptors (Lipinski definition) is 1. The van der Waals surface area contributed by atoms with Gasteiger partial charge in [0, 0.05) is 11.3 Å². The van der Waals surface area contributed by atoms with E-state index in [1.807, 2.05) is 30.3 Å². The minimum absolute atomic E-state index is 0.830. The Kier molecular flexibility index (Phi) is 1.62. The second kappa shape index (κ2) is 2.95. The van der Waals surface area contributed by atoms with Crippen molar-refractivity contribution in [3.05, 3.63) is 47.5 Å². The Morgan fingerprint density at radius 2 is 1.87 bits per heavy atom. The highest BCUT2D eigenvalue weighted by molar-refractivity contribution is 6.09. The first kappa shape index (κ1) is 8.24. The molecule has 1 N–H and O–H groups in total. The molecule has 0 fully saturated rings. The van der Waals surface area contributed by atoms with Crippen molar-refractivity contribution < 1.29 is 4.79 Å². The summed E-state index contributed by atoms with van der Waals surface area (Å²) < 4.78 is 0. The lowest BCUT2D eigenvalue weighted by atomic mass is 10.0. The first-order valence-corrected chi connectivity index (χ1v) is 4.77. The standard InChI is InChI=1S/C13H8NO/c15-8-14-12-7-10-5-1-3-9-4-2-6-11(12)13(9)10/h1-7H,(H,14,15). The monoisotopic (exact) mass is 194 g/mol. The molecule has 2 nitrogen and oxygen atoms in total. The molecule has 2 aromatic carbocycles. The van der Waals surface area contributed by atoms with Crippen LogP contribution in [0.5, 0.6) is 0 Å². The van der Waals surface area contributed by atoms with E-state index in [-0.39, 0.29) is 0 Å². The summed E-state index contributed by atoms with van der Waals surface area (Å²) in [6, 6.07) is 12.2. The number of benzene rings is 2. The Morgan fingerprint density at radius 3 is 2.67 bits per heavy atom. The lowest BCUT2D eigenvalue weighted by molar-refractivity contribution is 0.551. The summed E-state index contributed by atoms with van der Waals surface area (Å²) in [6.45, 7) is 0. The van der Waals surface area contributed by atoms with Gasteiger partial charge in [0.15, 0.2) is 0 Å². The van der Waals surface area contributed by atoms with E-state index in [2.05, 4.69) is 17.4 Å². The second-order valence-corrected chi connectivity index (χ2v) is 3.54. The molecule has 0 saturated heterocycles. The predicted octanol–water partition coefficient (Wildman–Crippen LogP) is 2.31. The molecule has 2 aromatic rings. The summed E-state index contributed by atoms with van der Waals surface area (Å²) >= 11 is 0. The van der Waals surface area contributed by atoms with E-state index in [0.717, 1.165) is 16.8 Å². The van der Waals surface area contributed by atoms with Crippen LogP contribution in [-0.2, 0) is 4.79 Å². The fraction of sp³-hybridized carbons (Fsp3) is 0. The summed E-state index contributed by atoms with van der Waals surface area (Å²) in [4.78, 5) is 10.4. The van der Waals surface area contributed by atoms with Crippen LogP contribution >= 0.6 is 0 Å². The lowest BCUT2D eigenvalue weighted by Gasteiger charge is -2.03. The fourth-order valence-electron chi connectivity index (χ4n) is 2.11. The lowest BCUT2D eigenvalue weighted by Crippen LogP contribution is -2.06. The van der Waals surface area contributed by atoms with Gasteiger partial charge in [-0.2, -0.15) is 0 Å². The van der Waals surface area contributed by atoms with Gasteiger partial charge < -0.3 is 5.32 Å². The third-order valence-electron chi connectivity index (χ3n) is 2.71. The zero-order valence-electron chi connectivity index (χ0n) is 7.95. The molecule has 0 atom stereocenters. The van der Waals surface area contributed by atoms with E-state index < -0.39 is 0 Å². The Morgan fingerprint density at radius 1 is 1.07 bits per heavy atom. The van der Waals surface area contributed by atoms with Crippen molar-refractivity contribution in [1.82, 2.24) is 5.32 Å². The van der Waals surface area contributed by atoms with Crippen LogP contribution in [0.4, 0.5) is 0 Å². The molecule has 3 rings (SSSR count). The number of carbonyl (C=O) groups excluding carboxylic acids is 1. The van der Waals surface area contributed by atoms with Gasteiger partial charge in [0.05, 0.1) is 0 Å². The first-order valence-electron chi connectivity index (χ1n) is 4.77. The fourth-order valence-corrected chi connectivity index (χ4v) is 2.11. The maximum atomic E-state index is 10.4. The van der Waals surface area contributed by atoms with Crippen molar-refractivity contribution in [2.75, 3.05) is 0 Å². The molecule has 71 valence electrons. The molecule has 1 radical (unpaired) electrons. The van der Waals surface area contributed by atoms with Gasteiger partial charge in [0.1, 0.15) is 0 Å². The zero-order chi connectivity index (χ0) is 10.3. The average molecular weight is 194 g/mol. The number of amides is 1. The summed E-state index contributed by atoms with van der Waals surface area (Å²) in [5, 5.41) is 5.01. The number of rotatable bonds is 2. The average Bonchev–Trinajstić information content (AvgIpc) is 2.61. The van der Waals surface area contributed by atoms with Crippen molar-refractivity contribution >= 4 is 29.0 Å². The molecule has 15 heavy (non-hydrogen) atoms. The van der Waals surface area contributed by atoms with Crippen LogP contribution < -0.4 is 5.32 Å². The van der Waals surface area contributed by atoms with Crippen molar-refractivity contribution in [2.45, 2.75) is 0 Å². The molecule has 2 heteroatoms. The van der Waals surface area contributed by atoms with Crippen LogP contribution in [0, 0.1) is 0 Å². The molecule has 0 saturated carbocycles. The topological polar surface area (TPSA) is 29.1 Å².